The molecule has 0 aliphatic rings. The van der Waals surface area contributed by atoms with Crippen LogP contribution in [-0.4, -0.2) is 33.7 Å². The van der Waals surface area contributed by atoms with Crippen LogP contribution in [0.5, 0.6) is 0 Å². The van der Waals surface area contributed by atoms with Crippen LogP contribution in [0.2, 0.25) is 5.15 Å². The molecule has 0 fully saturated rings. The van der Waals surface area contributed by atoms with E-state index >= 15 is 0 Å². The standard InChI is InChI=1S/C17H20ClFN4O2/c1-10-14(16(25)20-9-13(24)21-17(2,3)4)15(18)23(22-10)12-7-5-11(19)6-8-12/h5-8H,9H2,1-4H3,(H,20,25)(H,21,24). The number of halogens is 2. The normalized spacial score (nSPS) is 11.3. The molecule has 8 heteroatoms. The minimum Gasteiger partial charge on any atom is -0.350 e. The summed E-state index contributed by atoms with van der Waals surface area (Å²) in [4.78, 5) is 24.2. The van der Waals surface area contributed by atoms with E-state index in [0.29, 0.717) is 11.4 Å². The van der Waals surface area contributed by atoms with Crippen molar-refractivity contribution in [3.63, 3.8) is 0 Å². The summed E-state index contributed by atoms with van der Waals surface area (Å²) in [5.41, 5.74) is 0.722. The number of carbonyl (C=O) groups is 2. The molecule has 1 aromatic heterocycles. The van der Waals surface area contributed by atoms with Crippen molar-refractivity contribution in [2.24, 2.45) is 0 Å². The molecule has 0 bridgehead atoms. The van der Waals surface area contributed by atoms with Gasteiger partial charge < -0.3 is 10.6 Å². The summed E-state index contributed by atoms with van der Waals surface area (Å²) < 4.78 is 14.4. The van der Waals surface area contributed by atoms with E-state index in [1.54, 1.807) is 6.92 Å². The van der Waals surface area contributed by atoms with Crippen molar-refractivity contribution in [2.45, 2.75) is 33.2 Å². The van der Waals surface area contributed by atoms with Crippen molar-refractivity contribution < 1.29 is 14.0 Å². The molecule has 25 heavy (non-hydrogen) atoms. The third-order valence-electron chi connectivity index (χ3n) is 3.23. The molecule has 2 aromatic rings. The van der Waals surface area contributed by atoms with Crippen LogP contribution in [0.3, 0.4) is 0 Å². The van der Waals surface area contributed by atoms with Gasteiger partial charge in [-0.1, -0.05) is 11.6 Å². The highest BCUT2D eigenvalue weighted by Crippen LogP contribution is 2.23. The van der Waals surface area contributed by atoms with Gasteiger partial charge in [-0.25, -0.2) is 9.07 Å². The topological polar surface area (TPSA) is 76.0 Å². The van der Waals surface area contributed by atoms with Crippen LogP contribution in [0, 0.1) is 12.7 Å². The lowest BCUT2D eigenvalue weighted by atomic mass is 10.1. The van der Waals surface area contributed by atoms with Gasteiger partial charge in [0.05, 0.1) is 23.5 Å². The monoisotopic (exact) mass is 366 g/mol. The fraction of sp³-hybridized carbons (Fsp3) is 0.353. The van der Waals surface area contributed by atoms with E-state index in [4.69, 9.17) is 11.6 Å². The maximum absolute atomic E-state index is 13.0. The predicted octanol–water partition coefficient (Wildman–Crippen LogP) is 2.62. The molecule has 2 rings (SSSR count). The second kappa shape index (κ2) is 7.23. The van der Waals surface area contributed by atoms with Gasteiger partial charge in [-0.15, -0.1) is 0 Å². The first-order chi connectivity index (χ1) is 11.6. The Morgan fingerprint density at radius 1 is 1.24 bits per heavy atom. The van der Waals surface area contributed by atoms with Gasteiger partial charge in [-0.2, -0.15) is 5.10 Å². The van der Waals surface area contributed by atoms with Gasteiger partial charge in [0.2, 0.25) is 5.91 Å². The van der Waals surface area contributed by atoms with Crippen LogP contribution >= 0.6 is 11.6 Å². The first-order valence-corrected chi connectivity index (χ1v) is 8.06. The largest absolute Gasteiger partial charge is 0.350 e. The first-order valence-electron chi connectivity index (χ1n) is 7.69. The number of amides is 2. The SMILES string of the molecule is Cc1nn(-c2ccc(F)cc2)c(Cl)c1C(=O)NCC(=O)NC(C)(C)C. The number of nitrogens with one attached hydrogen (secondary N) is 2. The predicted molar refractivity (Wildman–Crippen MR) is 93.5 cm³/mol. The number of aromatic nitrogens is 2. The van der Waals surface area contributed by atoms with Crippen LogP contribution in [0.4, 0.5) is 4.39 Å². The lowest BCUT2D eigenvalue weighted by Gasteiger charge is -2.20. The van der Waals surface area contributed by atoms with Crippen LogP contribution in [-0.2, 0) is 4.79 Å². The third-order valence-corrected chi connectivity index (χ3v) is 3.58. The highest BCUT2D eigenvalue weighted by Gasteiger charge is 2.22. The highest BCUT2D eigenvalue weighted by atomic mass is 35.5. The van der Waals surface area contributed by atoms with Gasteiger partial charge in [0.1, 0.15) is 11.0 Å². The minimum atomic E-state index is -0.500. The highest BCUT2D eigenvalue weighted by molar-refractivity contribution is 6.33. The average Bonchev–Trinajstić information content (AvgIpc) is 2.79. The summed E-state index contributed by atoms with van der Waals surface area (Å²) in [6, 6.07) is 5.57. The van der Waals surface area contributed by atoms with Gasteiger partial charge in [0.25, 0.3) is 5.91 Å². The number of aryl methyl sites for hydroxylation is 1. The Kier molecular flexibility index (Phi) is 5.47. The summed E-state index contributed by atoms with van der Waals surface area (Å²) in [5, 5.41) is 9.59. The molecule has 0 aliphatic carbocycles. The minimum absolute atomic E-state index is 0.0952. The molecule has 1 aromatic carbocycles. The Morgan fingerprint density at radius 3 is 2.40 bits per heavy atom. The average molecular weight is 367 g/mol. The molecule has 0 unspecified atom stereocenters. The maximum atomic E-state index is 13.0. The van der Waals surface area contributed by atoms with E-state index in [9.17, 15) is 14.0 Å². The number of carbonyl (C=O) groups excluding carboxylic acids is 2. The zero-order chi connectivity index (χ0) is 18.8. The quantitative estimate of drug-likeness (QED) is 0.873. The third kappa shape index (κ3) is 4.79. The summed E-state index contributed by atoms with van der Waals surface area (Å²) >= 11 is 6.27. The first kappa shape index (κ1) is 18.9. The van der Waals surface area contributed by atoms with Crippen molar-refractivity contribution in [1.82, 2.24) is 20.4 Å². The van der Waals surface area contributed by atoms with E-state index in [0.717, 1.165) is 0 Å². The van der Waals surface area contributed by atoms with Crippen molar-refractivity contribution in [2.75, 3.05) is 6.54 Å². The summed E-state index contributed by atoms with van der Waals surface area (Å²) in [6.45, 7) is 7.00. The van der Waals surface area contributed by atoms with E-state index in [1.807, 2.05) is 20.8 Å². The number of rotatable bonds is 4. The molecule has 6 nitrogen and oxygen atoms in total. The molecular weight excluding hydrogens is 347 g/mol. The van der Waals surface area contributed by atoms with Gasteiger partial charge in [0.15, 0.2) is 0 Å². The van der Waals surface area contributed by atoms with Crippen molar-refractivity contribution >= 4 is 23.4 Å². The van der Waals surface area contributed by atoms with E-state index in [2.05, 4.69) is 15.7 Å². The van der Waals surface area contributed by atoms with Gasteiger partial charge in [0, 0.05) is 5.54 Å². The molecule has 0 spiro atoms. The Balaban J connectivity index is 2.15. The zero-order valence-electron chi connectivity index (χ0n) is 14.5. The second-order valence-electron chi connectivity index (χ2n) is 6.62. The van der Waals surface area contributed by atoms with Crippen LogP contribution in [0.25, 0.3) is 5.69 Å². The van der Waals surface area contributed by atoms with Gasteiger partial charge in [-0.05, 0) is 52.0 Å². The Labute approximate surface area is 150 Å². The Morgan fingerprint density at radius 2 is 1.84 bits per heavy atom. The lowest BCUT2D eigenvalue weighted by molar-refractivity contribution is -0.121. The summed E-state index contributed by atoms with van der Waals surface area (Å²) in [7, 11) is 0. The molecule has 2 amide bonds. The maximum Gasteiger partial charge on any atom is 0.256 e. The van der Waals surface area contributed by atoms with E-state index < -0.39 is 5.91 Å². The van der Waals surface area contributed by atoms with E-state index in [-0.39, 0.29) is 34.5 Å². The summed E-state index contributed by atoms with van der Waals surface area (Å²) in [5.74, 6) is -1.19. The molecular formula is C17H20ClFN4O2. The Hall–Kier alpha value is -2.41. The molecule has 0 atom stereocenters. The van der Waals surface area contributed by atoms with E-state index in [1.165, 1.54) is 28.9 Å². The molecule has 2 N–H and O–H groups in total. The van der Waals surface area contributed by atoms with Gasteiger partial charge >= 0.3 is 0 Å². The Bertz CT molecular complexity index is 794. The van der Waals surface area contributed by atoms with Crippen molar-refractivity contribution in [3.8, 4) is 5.69 Å². The number of hydrogen-bond donors (Lipinski definition) is 2. The number of hydrogen-bond acceptors (Lipinski definition) is 3. The molecule has 0 radical (unpaired) electrons. The summed E-state index contributed by atoms with van der Waals surface area (Å²) in [6.07, 6.45) is 0. The zero-order valence-corrected chi connectivity index (χ0v) is 15.2. The second-order valence-corrected chi connectivity index (χ2v) is 6.98. The smallest absolute Gasteiger partial charge is 0.256 e. The molecule has 1 heterocycles. The fourth-order valence-electron chi connectivity index (χ4n) is 2.22. The van der Waals surface area contributed by atoms with Crippen molar-refractivity contribution in [1.29, 1.82) is 0 Å². The molecule has 0 saturated heterocycles. The number of benzene rings is 1. The molecule has 134 valence electrons. The lowest BCUT2D eigenvalue weighted by Crippen LogP contribution is -2.45. The van der Waals surface area contributed by atoms with Gasteiger partial charge in [-0.3, -0.25) is 9.59 Å². The van der Waals surface area contributed by atoms with Crippen LogP contribution in [0.15, 0.2) is 24.3 Å². The van der Waals surface area contributed by atoms with Crippen LogP contribution in [0.1, 0.15) is 36.8 Å². The number of nitrogens with zero attached hydrogens (tertiary/aromatic N) is 2. The van der Waals surface area contributed by atoms with Crippen molar-refractivity contribution in [3.05, 3.63) is 46.5 Å². The molecule has 0 aliphatic heterocycles. The fourth-order valence-corrected chi connectivity index (χ4v) is 2.58. The van der Waals surface area contributed by atoms with Crippen LogP contribution < -0.4 is 10.6 Å². The molecule has 0 saturated carbocycles.